The summed E-state index contributed by atoms with van der Waals surface area (Å²) in [4.78, 5) is 0.378. The molecule has 0 bridgehead atoms. The molecule has 1 N–H and O–H groups in total. The van der Waals surface area contributed by atoms with Gasteiger partial charge in [0.2, 0.25) is 10.0 Å². The van der Waals surface area contributed by atoms with Crippen LogP contribution >= 0.6 is 0 Å². The maximum atomic E-state index is 12.6. The molecular formula is C16H24N2O2S. The zero-order valence-corrected chi connectivity index (χ0v) is 13.4. The number of nitrogens with one attached hydrogen (secondary N) is 1. The van der Waals surface area contributed by atoms with Gasteiger partial charge in [0.15, 0.2) is 0 Å². The van der Waals surface area contributed by atoms with Gasteiger partial charge in [0.25, 0.3) is 0 Å². The second-order valence-electron chi connectivity index (χ2n) is 5.34. The van der Waals surface area contributed by atoms with Crippen molar-refractivity contribution in [3.8, 4) is 0 Å². The first kappa shape index (κ1) is 16.2. The Morgan fingerprint density at radius 1 is 1.33 bits per heavy atom. The Hall–Kier alpha value is -1.17. The molecule has 21 heavy (non-hydrogen) atoms. The summed E-state index contributed by atoms with van der Waals surface area (Å²) in [5.74, 6) is 0. The van der Waals surface area contributed by atoms with Crippen LogP contribution in [0.3, 0.4) is 0 Å². The van der Waals surface area contributed by atoms with Crippen molar-refractivity contribution in [2.45, 2.75) is 37.1 Å². The monoisotopic (exact) mass is 308 g/mol. The highest BCUT2D eigenvalue weighted by Gasteiger charge is 2.37. The molecule has 0 unspecified atom stereocenters. The molecule has 0 aromatic heterocycles. The minimum Gasteiger partial charge on any atom is -0.317 e. The van der Waals surface area contributed by atoms with Crippen molar-refractivity contribution in [2.24, 2.45) is 0 Å². The maximum absolute atomic E-state index is 12.6. The van der Waals surface area contributed by atoms with Crippen molar-refractivity contribution < 1.29 is 8.42 Å². The summed E-state index contributed by atoms with van der Waals surface area (Å²) in [6, 6.07) is 7.40. The third-order valence-corrected chi connectivity index (χ3v) is 5.57. The predicted octanol–water partition coefficient (Wildman–Crippen LogP) is 2.18. The summed E-state index contributed by atoms with van der Waals surface area (Å²) in [6.07, 6.45) is 4.47. The fourth-order valence-electron chi connectivity index (χ4n) is 2.31. The lowest BCUT2D eigenvalue weighted by Gasteiger charge is -2.20. The highest BCUT2D eigenvalue weighted by atomic mass is 32.2. The van der Waals surface area contributed by atoms with Crippen LogP contribution in [-0.2, 0) is 16.4 Å². The molecule has 1 aliphatic carbocycles. The molecule has 1 fully saturated rings. The lowest BCUT2D eigenvalue weighted by molar-refractivity contribution is 0.436. The van der Waals surface area contributed by atoms with Crippen LogP contribution in [0.4, 0.5) is 0 Å². The molecule has 0 radical (unpaired) electrons. The first-order valence-corrected chi connectivity index (χ1v) is 8.96. The SMILES string of the molecule is C=CCN(C1CC1)S(=O)(=O)c1ccc(CCNCC)cc1. The first-order valence-electron chi connectivity index (χ1n) is 7.52. The number of likely N-dealkylation sites (N-methyl/N-ethyl adjacent to an activating group) is 1. The van der Waals surface area contributed by atoms with E-state index in [1.54, 1.807) is 22.5 Å². The molecule has 0 spiro atoms. The molecular weight excluding hydrogens is 284 g/mol. The van der Waals surface area contributed by atoms with Gasteiger partial charge in [0, 0.05) is 12.6 Å². The van der Waals surface area contributed by atoms with E-state index in [1.165, 1.54) is 0 Å². The Balaban J connectivity index is 2.10. The molecule has 0 atom stereocenters. The van der Waals surface area contributed by atoms with Crippen LogP contribution in [0.5, 0.6) is 0 Å². The van der Waals surface area contributed by atoms with E-state index in [0.717, 1.165) is 37.9 Å². The Kier molecular flexibility index (Phi) is 5.56. The second-order valence-corrected chi connectivity index (χ2v) is 7.23. The Morgan fingerprint density at radius 2 is 2.00 bits per heavy atom. The van der Waals surface area contributed by atoms with Crippen LogP contribution in [0, 0.1) is 0 Å². The Morgan fingerprint density at radius 3 is 2.52 bits per heavy atom. The third kappa shape index (κ3) is 4.15. The molecule has 1 aromatic rings. The van der Waals surface area contributed by atoms with E-state index in [9.17, 15) is 8.42 Å². The van der Waals surface area contributed by atoms with Gasteiger partial charge in [0.1, 0.15) is 0 Å². The highest BCUT2D eigenvalue weighted by Crippen LogP contribution is 2.31. The summed E-state index contributed by atoms with van der Waals surface area (Å²) < 4.78 is 26.8. The average molecular weight is 308 g/mol. The van der Waals surface area contributed by atoms with Gasteiger partial charge in [-0.1, -0.05) is 25.1 Å². The van der Waals surface area contributed by atoms with Gasteiger partial charge in [-0.15, -0.1) is 6.58 Å². The average Bonchev–Trinajstić information content (AvgIpc) is 3.30. The van der Waals surface area contributed by atoms with Crippen molar-refractivity contribution in [2.75, 3.05) is 19.6 Å². The van der Waals surface area contributed by atoms with Crippen molar-refractivity contribution in [1.82, 2.24) is 9.62 Å². The summed E-state index contributed by atoms with van der Waals surface area (Å²) in [5.41, 5.74) is 1.15. The van der Waals surface area contributed by atoms with Gasteiger partial charge in [-0.25, -0.2) is 8.42 Å². The van der Waals surface area contributed by atoms with Gasteiger partial charge >= 0.3 is 0 Å². The zero-order valence-electron chi connectivity index (χ0n) is 12.6. The lowest BCUT2D eigenvalue weighted by atomic mass is 10.1. The standard InChI is InChI=1S/C16H24N2O2S/c1-3-13-18(15-7-8-15)21(19,20)16-9-5-14(6-10-16)11-12-17-4-2/h3,5-6,9-10,15,17H,1,4,7-8,11-13H2,2H3. The van der Waals surface area contributed by atoms with Crippen molar-refractivity contribution in [3.63, 3.8) is 0 Å². The number of hydrogen-bond acceptors (Lipinski definition) is 3. The molecule has 1 aliphatic rings. The Bertz CT molecular complexity index is 562. The molecule has 1 aromatic carbocycles. The molecule has 0 heterocycles. The van der Waals surface area contributed by atoms with Crippen LogP contribution in [-0.4, -0.2) is 38.4 Å². The van der Waals surface area contributed by atoms with E-state index >= 15 is 0 Å². The van der Waals surface area contributed by atoms with Crippen molar-refractivity contribution in [1.29, 1.82) is 0 Å². The quantitative estimate of drug-likeness (QED) is 0.562. The molecule has 4 nitrogen and oxygen atoms in total. The lowest BCUT2D eigenvalue weighted by Crippen LogP contribution is -2.33. The zero-order chi connectivity index (χ0) is 15.3. The van der Waals surface area contributed by atoms with Crippen LogP contribution in [0.15, 0.2) is 41.8 Å². The van der Waals surface area contributed by atoms with Gasteiger partial charge in [0.05, 0.1) is 4.90 Å². The number of nitrogens with zero attached hydrogens (tertiary/aromatic N) is 1. The molecule has 2 rings (SSSR count). The van der Waals surface area contributed by atoms with Gasteiger partial charge in [-0.3, -0.25) is 0 Å². The van der Waals surface area contributed by atoms with Crippen LogP contribution < -0.4 is 5.32 Å². The van der Waals surface area contributed by atoms with E-state index in [0.29, 0.717) is 11.4 Å². The molecule has 5 heteroatoms. The molecule has 0 amide bonds. The number of sulfonamides is 1. The minimum absolute atomic E-state index is 0.154. The summed E-state index contributed by atoms with van der Waals surface area (Å²) in [6.45, 7) is 7.97. The van der Waals surface area contributed by atoms with Gasteiger partial charge in [-0.2, -0.15) is 4.31 Å². The number of benzene rings is 1. The molecule has 116 valence electrons. The Labute approximate surface area is 127 Å². The smallest absolute Gasteiger partial charge is 0.243 e. The first-order chi connectivity index (χ1) is 10.1. The van der Waals surface area contributed by atoms with E-state index < -0.39 is 10.0 Å². The fourth-order valence-corrected chi connectivity index (χ4v) is 3.96. The van der Waals surface area contributed by atoms with E-state index in [1.807, 2.05) is 12.1 Å². The molecule has 0 aliphatic heterocycles. The highest BCUT2D eigenvalue weighted by molar-refractivity contribution is 7.89. The van der Waals surface area contributed by atoms with Crippen molar-refractivity contribution >= 4 is 10.0 Å². The van der Waals surface area contributed by atoms with E-state index in [4.69, 9.17) is 0 Å². The minimum atomic E-state index is -3.40. The number of hydrogen-bond donors (Lipinski definition) is 1. The fraction of sp³-hybridized carbons (Fsp3) is 0.500. The largest absolute Gasteiger partial charge is 0.317 e. The normalized spacial score (nSPS) is 15.3. The summed E-state index contributed by atoms with van der Waals surface area (Å²) in [5, 5.41) is 3.26. The van der Waals surface area contributed by atoms with Gasteiger partial charge in [-0.05, 0) is 50.0 Å². The molecule has 0 saturated heterocycles. The number of rotatable bonds is 9. The second kappa shape index (κ2) is 7.20. The topological polar surface area (TPSA) is 49.4 Å². The van der Waals surface area contributed by atoms with Crippen LogP contribution in [0.25, 0.3) is 0 Å². The van der Waals surface area contributed by atoms with Crippen LogP contribution in [0.1, 0.15) is 25.3 Å². The van der Waals surface area contributed by atoms with E-state index in [-0.39, 0.29) is 6.04 Å². The van der Waals surface area contributed by atoms with E-state index in [2.05, 4.69) is 18.8 Å². The predicted molar refractivity (Wildman–Crippen MR) is 85.8 cm³/mol. The summed E-state index contributed by atoms with van der Waals surface area (Å²) in [7, 11) is -3.40. The maximum Gasteiger partial charge on any atom is 0.243 e. The molecule has 1 saturated carbocycles. The van der Waals surface area contributed by atoms with Crippen molar-refractivity contribution in [3.05, 3.63) is 42.5 Å². The van der Waals surface area contributed by atoms with Crippen LogP contribution in [0.2, 0.25) is 0 Å². The third-order valence-electron chi connectivity index (χ3n) is 3.63. The summed E-state index contributed by atoms with van der Waals surface area (Å²) >= 11 is 0. The van der Waals surface area contributed by atoms with Gasteiger partial charge < -0.3 is 5.32 Å².